The highest BCUT2D eigenvalue weighted by atomic mass is 16.1. The van der Waals surface area contributed by atoms with Crippen LogP contribution in [0.25, 0.3) is 0 Å². The number of Topliss-reactive ketones (excluding diaryl/α,β-unsaturated/α-hetero) is 1. The molecule has 0 radical (unpaired) electrons. The van der Waals surface area contributed by atoms with E-state index in [1.165, 1.54) is 22.3 Å². The summed E-state index contributed by atoms with van der Waals surface area (Å²) in [6.07, 6.45) is 0. The molecule has 3 rings (SSSR count). The molecule has 1 heterocycles. The molecule has 2 nitrogen and oxygen atoms in total. The van der Waals surface area contributed by atoms with Crippen LogP contribution in [-0.2, 0) is 4.79 Å². The summed E-state index contributed by atoms with van der Waals surface area (Å²) in [4.78, 5) is 12.8. The number of hydrogen-bond donors (Lipinski definition) is 1. The average molecular weight is 307 g/mol. The van der Waals surface area contributed by atoms with Crippen molar-refractivity contribution in [3.8, 4) is 0 Å². The first-order valence-corrected chi connectivity index (χ1v) is 8.40. The molecule has 0 unspecified atom stereocenters. The van der Waals surface area contributed by atoms with Crippen LogP contribution in [0, 0.1) is 25.7 Å². The molecule has 120 valence electrons. The fourth-order valence-corrected chi connectivity index (χ4v) is 3.54. The van der Waals surface area contributed by atoms with E-state index in [2.05, 4.69) is 67.7 Å². The van der Waals surface area contributed by atoms with E-state index in [9.17, 15) is 4.79 Å². The van der Waals surface area contributed by atoms with Gasteiger partial charge in [0.2, 0.25) is 0 Å². The number of ketones is 1. The summed E-state index contributed by atoms with van der Waals surface area (Å²) < 4.78 is 0. The van der Waals surface area contributed by atoms with Crippen molar-refractivity contribution in [2.45, 2.75) is 39.8 Å². The van der Waals surface area contributed by atoms with Gasteiger partial charge in [0.25, 0.3) is 0 Å². The molecule has 2 heteroatoms. The van der Waals surface area contributed by atoms with Gasteiger partial charge in [-0.05, 0) is 25.0 Å². The summed E-state index contributed by atoms with van der Waals surface area (Å²) in [7, 11) is 0. The summed E-state index contributed by atoms with van der Waals surface area (Å²) in [5.74, 6) is 0.337. The SMILES string of the molecule is Cc1ccc([C@H]2N[C@@H](c3ccc(C)cc3)[C@@H](C)C(=O)[C@H]2C)cc1. The number of rotatable bonds is 2. The molecule has 1 fully saturated rings. The minimum atomic E-state index is -0.00518. The van der Waals surface area contributed by atoms with Gasteiger partial charge in [-0.15, -0.1) is 0 Å². The predicted octanol–water partition coefficient (Wildman–Crippen LogP) is 4.53. The maximum Gasteiger partial charge on any atom is 0.142 e. The normalized spacial score (nSPS) is 27.9. The van der Waals surface area contributed by atoms with E-state index in [0.29, 0.717) is 5.78 Å². The number of nitrogens with one attached hydrogen (secondary N) is 1. The molecule has 2 aromatic carbocycles. The van der Waals surface area contributed by atoms with Gasteiger partial charge < -0.3 is 5.32 Å². The number of carbonyl (C=O) groups is 1. The first-order chi connectivity index (χ1) is 11.0. The van der Waals surface area contributed by atoms with E-state index in [1.54, 1.807) is 0 Å². The van der Waals surface area contributed by atoms with Crippen LogP contribution in [-0.4, -0.2) is 5.78 Å². The van der Waals surface area contributed by atoms with Crippen LogP contribution in [0.1, 0.15) is 48.2 Å². The Hall–Kier alpha value is -1.93. The predicted molar refractivity (Wildman–Crippen MR) is 94.3 cm³/mol. The smallest absolute Gasteiger partial charge is 0.142 e. The Balaban J connectivity index is 1.94. The third-order valence-corrected chi connectivity index (χ3v) is 5.13. The first kappa shape index (κ1) is 15.9. The van der Waals surface area contributed by atoms with E-state index in [4.69, 9.17) is 0 Å². The molecule has 23 heavy (non-hydrogen) atoms. The van der Waals surface area contributed by atoms with E-state index in [1.807, 2.05) is 13.8 Å². The monoisotopic (exact) mass is 307 g/mol. The highest BCUT2D eigenvalue weighted by Crippen LogP contribution is 2.38. The van der Waals surface area contributed by atoms with Crippen molar-refractivity contribution in [2.24, 2.45) is 11.8 Å². The number of piperidine rings is 1. The first-order valence-electron chi connectivity index (χ1n) is 8.40. The van der Waals surface area contributed by atoms with Crippen molar-refractivity contribution in [1.82, 2.24) is 5.32 Å². The van der Waals surface area contributed by atoms with Gasteiger partial charge in [0.15, 0.2) is 0 Å². The zero-order valence-corrected chi connectivity index (χ0v) is 14.3. The van der Waals surface area contributed by atoms with Crippen LogP contribution in [0.4, 0.5) is 0 Å². The lowest BCUT2D eigenvalue weighted by Gasteiger charge is -2.39. The fourth-order valence-electron chi connectivity index (χ4n) is 3.54. The van der Waals surface area contributed by atoms with E-state index in [0.717, 1.165) is 0 Å². The lowest BCUT2D eigenvalue weighted by Crippen LogP contribution is -2.46. The van der Waals surface area contributed by atoms with Gasteiger partial charge in [-0.3, -0.25) is 4.79 Å². The molecule has 2 aromatic rings. The summed E-state index contributed by atoms with van der Waals surface area (Å²) in [5, 5.41) is 3.73. The maximum atomic E-state index is 12.8. The zero-order valence-electron chi connectivity index (χ0n) is 14.3. The van der Waals surface area contributed by atoms with Crippen molar-refractivity contribution >= 4 is 5.78 Å². The quantitative estimate of drug-likeness (QED) is 0.883. The minimum absolute atomic E-state index is 0.00518. The zero-order chi connectivity index (χ0) is 16.6. The molecule has 0 saturated carbocycles. The van der Waals surface area contributed by atoms with Gasteiger partial charge in [-0.1, -0.05) is 73.5 Å². The topological polar surface area (TPSA) is 29.1 Å². The Morgan fingerprint density at radius 3 is 1.39 bits per heavy atom. The molecule has 0 spiro atoms. The van der Waals surface area contributed by atoms with Crippen LogP contribution in [0.3, 0.4) is 0 Å². The summed E-state index contributed by atoms with van der Waals surface area (Å²) >= 11 is 0. The minimum Gasteiger partial charge on any atom is -0.302 e. The Bertz CT molecular complexity index is 627. The Labute approximate surface area is 138 Å². The molecule has 0 amide bonds. The van der Waals surface area contributed by atoms with Gasteiger partial charge in [0.1, 0.15) is 5.78 Å². The van der Waals surface area contributed by atoms with E-state index < -0.39 is 0 Å². The number of benzene rings is 2. The van der Waals surface area contributed by atoms with Crippen LogP contribution in [0.15, 0.2) is 48.5 Å². The second-order valence-corrected chi connectivity index (χ2v) is 6.92. The van der Waals surface area contributed by atoms with Gasteiger partial charge in [0, 0.05) is 23.9 Å². The van der Waals surface area contributed by atoms with Crippen molar-refractivity contribution in [3.05, 3.63) is 70.8 Å². The molecule has 0 aromatic heterocycles. The lowest BCUT2D eigenvalue weighted by atomic mass is 9.76. The number of hydrogen-bond acceptors (Lipinski definition) is 2. The number of carbonyl (C=O) groups excluding carboxylic acids is 1. The molecule has 1 aliphatic heterocycles. The summed E-state index contributed by atoms with van der Waals surface area (Å²) in [6, 6.07) is 17.2. The van der Waals surface area contributed by atoms with Crippen LogP contribution >= 0.6 is 0 Å². The van der Waals surface area contributed by atoms with E-state index >= 15 is 0 Å². The third kappa shape index (κ3) is 3.09. The Morgan fingerprint density at radius 2 is 1.04 bits per heavy atom. The van der Waals surface area contributed by atoms with Gasteiger partial charge in [-0.2, -0.15) is 0 Å². The molecule has 1 N–H and O–H groups in total. The highest BCUT2D eigenvalue weighted by Gasteiger charge is 2.39. The maximum absolute atomic E-state index is 12.8. The molecule has 4 atom stereocenters. The van der Waals surface area contributed by atoms with Crippen molar-refractivity contribution in [1.29, 1.82) is 0 Å². The third-order valence-electron chi connectivity index (χ3n) is 5.13. The van der Waals surface area contributed by atoms with Crippen molar-refractivity contribution < 1.29 is 4.79 Å². The number of aryl methyl sites for hydroxylation is 2. The molecule has 1 aliphatic rings. The van der Waals surface area contributed by atoms with Crippen LogP contribution < -0.4 is 5.32 Å². The fraction of sp³-hybridized carbons (Fsp3) is 0.381. The molecular formula is C21H25NO. The van der Waals surface area contributed by atoms with Gasteiger partial charge >= 0.3 is 0 Å². The molecular weight excluding hydrogens is 282 g/mol. The lowest BCUT2D eigenvalue weighted by molar-refractivity contribution is -0.130. The van der Waals surface area contributed by atoms with Crippen LogP contribution in [0.2, 0.25) is 0 Å². The van der Waals surface area contributed by atoms with Gasteiger partial charge in [0.05, 0.1) is 0 Å². The van der Waals surface area contributed by atoms with Crippen molar-refractivity contribution in [3.63, 3.8) is 0 Å². The Kier molecular flexibility index (Phi) is 4.36. The highest BCUT2D eigenvalue weighted by molar-refractivity contribution is 5.85. The molecule has 0 aliphatic carbocycles. The largest absolute Gasteiger partial charge is 0.302 e. The summed E-state index contributed by atoms with van der Waals surface area (Å²) in [6.45, 7) is 8.26. The van der Waals surface area contributed by atoms with Crippen LogP contribution in [0.5, 0.6) is 0 Å². The Morgan fingerprint density at radius 1 is 0.696 bits per heavy atom. The van der Waals surface area contributed by atoms with Gasteiger partial charge in [-0.25, -0.2) is 0 Å². The standard InChI is InChI=1S/C21H25NO/c1-13-5-9-17(10-6-13)19-15(3)21(23)16(4)20(22-19)18-11-7-14(2)8-12-18/h5-12,15-16,19-20,22H,1-4H3/t15-,16+,19-,20+. The van der Waals surface area contributed by atoms with Crippen molar-refractivity contribution in [2.75, 3.05) is 0 Å². The van der Waals surface area contributed by atoms with E-state index in [-0.39, 0.29) is 23.9 Å². The average Bonchev–Trinajstić information content (AvgIpc) is 2.55. The molecule has 1 saturated heterocycles. The summed E-state index contributed by atoms with van der Waals surface area (Å²) in [5.41, 5.74) is 4.87. The second-order valence-electron chi connectivity index (χ2n) is 6.92. The second kappa shape index (κ2) is 6.29. The molecule has 0 bridgehead atoms.